The molecule has 0 aromatic heterocycles. The number of alkyl carbamates (subject to hydrolysis) is 1. The van der Waals surface area contributed by atoms with Crippen LogP contribution in [0.3, 0.4) is 0 Å². The van der Waals surface area contributed by atoms with Gasteiger partial charge in [0.05, 0.1) is 12.6 Å². The lowest BCUT2D eigenvalue weighted by Crippen LogP contribution is -2.45. The number of anilines is 1. The van der Waals surface area contributed by atoms with Gasteiger partial charge >= 0.3 is 12.1 Å². The highest BCUT2D eigenvalue weighted by Gasteiger charge is 2.30. The number of ether oxygens (including phenoxy) is 1. The predicted octanol–water partition coefficient (Wildman–Crippen LogP) is 3.09. The molecule has 0 radical (unpaired) electrons. The van der Waals surface area contributed by atoms with Crippen molar-refractivity contribution in [2.75, 3.05) is 11.9 Å². The minimum absolute atomic E-state index is 0.0681. The second-order valence-corrected chi connectivity index (χ2v) is 9.07. The molecule has 37 heavy (non-hydrogen) atoms. The number of nitrogens with one attached hydrogen (secondary N) is 3. The zero-order chi connectivity index (χ0) is 27.2. The van der Waals surface area contributed by atoms with Crippen molar-refractivity contribution in [3.63, 3.8) is 0 Å². The van der Waals surface area contributed by atoms with Crippen LogP contribution in [0.2, 0.25) is 0 Å². The van der Waals surface area contributed by atoms with Gasteiger partial charge in [0.25, 0.3) is 0 Å². The third kappa shape index (κ3) is 10.7. The fourth-order valence-corrected chi connectivity index (χ4v) is 3.70. The molecule has 10 nitrogen and oxygen atoms in total. The number of benzene rings is 2. The van der Waals surface area contributed by atoms with Gasteiger partial charge in [-0.25, -0.2) is 9.59 Å². The molecule has 4 amide bonds. The Morgan fingerprint density at radius 3 is 2.24 bits per heavy atom. The van der Waals surface area contributed by atoms with Crippen molar-refractivity contribution in [3.05, 3.63) is 65.7 Å². The quantitative estimate of drug-likeness (QED) is 0.245. The predicted molar refractivity (Wildman–Crippen MR) is 139 cm³/mol. The Morgan fingerprint density at radius 1 is 0.973 bits per heavy atom. The molecule has 0 aliphatic heterocycles. The summed E-state index contributed by atoms with van der Waals surface area (Å²) >= 11 is 0. The SMILES string of the molecule is CC(C)C(NC(=O)OCc1ccccc1)C(=O)CC(CCCNC(N)=O)C(=O)Nc1ccc(CO)cc1. The number of urea groups is 1. The molecule has 0 saturated heterocycles. The zero-order valence-corrected chi connectivity index (χ0v) is 21.2. The Kier molecular flexibility index (Phi) is 12.1. The van der Waals surface area contributed by atoms with E-state index >= 15 is 0 Å². The number of carbonyl (C=O) groups is 4. The van der Waals surface area contributed by atoms with Crippen molar-refractivity contribution in [1.82, 2.24) is 10.6 Å². The molecule has 0 fully saturated rings. The van der Waals surface area contributed by atoms with Gasteiger partial charge in [-0.15, -0.1) is 0 Å². The van der Waals surface area contributed by atoms with Crippen LogP contribution in [0.1, 0.15) is 44.2 Å². The van der Waals surface area contributed by atoms with Gasteiger partial charge in [-0.3, -0.25) is 9.59 Å². The van der Waals surface area contributed by atoms with Crippen LogP contribution in [0.25, 0.3) is 0 Å². The monoisotopic (exact) mass is 512 g/mol. The molecular weight excluding hydrogens is 476 g/mol. The van der Waals surface area contributed by atoms with Crippen LogP contribution in [-0.2, 0) is 27.5 Å². The van der Waals surface area contributed by atoms with Gasteiger partial charge in [0.1, 0.15) is 6.61 Å². The first-order valence-corrected chi connectivity index (χ1v) is 12.2. The van der Waals surface area contributed by atoms with Crippen molar-refractivity contribution in [2.24, 2.45) is 17.6 Å². The van der Waals surface area contributed by atoms with E-state index in [9.17, 15) is 24.3 Å². The second kappa shape index (κ2) is 15.2. The van der Waals surface area contributed by atoms with E-state index in [0.717, 1.165) is 5.56 Å². The maximum absolute atomic E-state index is 13.2. The molecule has 0 heterocycles. The van der Waals surface area contributed by atoms with Gasteiger partial charge in [-0.05, 0) is 42.0 Å². The molecule has 0 saturated carbocycles. The van der Waals surface area contributed by atoms with Gasteiger partial charge in [0, 0.05) is 24.6 Å². The average molecular weight is 513 g/mol. The molecule has 0 bridgehead atoms. The Bertz CT molecular complexity index is 1030. The molecule has 10 heteroatoms. The van der Waals surface area contributed by atoms with E-state index in [2.05, 4.69) is 16.0 Å². The summed E-state index contributed by atoms with van der Waals surface area (Å²) in [5.74, 6) is -1.60. The van der Waals surface area contributed by atoms with E-state index in [4.69, 9.17) is 10.5 Å². The Hall–Kier alpha value is -3.92. The maximum atomic E-state index is 13.2. The Balaban J connectivity index is 2.04. The van der Waals surface area contributed by atoms with E-state index in [-0.39, 0.29) is 43.8 Å². The molecule has 2 unspecified atom stereocenters. The van der Waals surface area contributed by atoms with Crippen LogP contribution in [0.15, 0.2) is 54.6 Å². The largest absolute Gasteiger partial charge is 0.445 e. The number of aliphatic hydroxyl groups excluding tert-OH is 1. The Morgan fingerprint density at radius 2 is 1.65 bits per heavy atom. The number of carbonyl (C=O) groups excluding carboxylic acids is 4. The third-order valence-electron chi connectivity index (χ3n) is 5.75. The minimum Gasteiger partial charge on any atom is -0.445 e. The smallest absolute Gasteiger partial charge is 0.408 e. The molecule has 2 aromatic carbocycles. The highest BCUT2D eigenvalue weighted by molar-refractivity contribution is 5.97. The summed E-state index contributed by atoms with van der Waals surface area (Å²) in [7, 11) is 0. The van der Waals surface area contributed by atoms with Crippen molar-refractivity contribution < 1.29 is 29.0 Å². The number of nitrogens with two attached hydrogens (primary N) is 1. The number of aliphatic hydroxyl groups is 1. The molecule has 2 atom stereocenters. The summed E-state index contributed by atoms with van der Waals surface area (Å²) in [6, 6.07) is 14.4. The summed E-state index contributed by atoms with van der Waals surface area (Å²) in [6.07, 6.45) is -0.0858. The third-order valence-corrected chi connectivity index (χ3v) is 5.75. The first kappa shape index (κ1) is 29.3. The first-order chi connectivity index (χ1) is 17.7. The van der Waals surface area contributed by atoms with Gasteiger partial charge in [-0.1, -0.05) is 56.3 Å². The number of primary amides is 1. The lowest BCUT2D eigenvalue weighted by atomic mass is 9.89. The van der Waals surface area contributed by atoms with E-state index < -0.39 is 24.1 Å². The summed E-state index contributed by atoms with van der Waals surface area (Å²) < 4.78 is 5.26. The minimum atomic E-state index is -0.842. The molecule has 6 N–H and O–H groups in total. The molecule has 0 aliphatic carbocycles. The molecule has 2 rings (SSSR count). The first-order valence-electron chi connectivity index (χ1n) is 12.2. The summed E-state index contributed by atoms with van der Waals surface area (Å²) in [5.41, 5.74) is 7.15. The van der Waals surface area contributed by atoms with Gasteiger partial charge in [0.15, 0.2) is 5.78 Å². The maximum Gasteiger partial charge on any atom is 0.408 e. The number of hydrogen-bond donors (Lipinski definition) is 5. The number of hydrogen-bond acceptors (Lipinski definition) is 6. The van der Waals surface area contributed by atoms with E-state index in [1.165, 1.54) is 0 Å². The normalized spacial score (nSPS) is 12.3. The fraction of sp³-hybridized carbons (Fsp3) is 0.407. The standard InChI is InChI=1S/C27H36N4O6/c1-18(2)24(31-27(36)37-17-20-7-4-3-5-8-20)23(33)15-21(9-6-14-29-26(28)35)25(34)30-22-12-10-19(16-32)11-13-22/h3-5,7-8,10-13,18,21,24,32H,6,9,14-17H2,1-2H3,(H,30,34)(H,31,36)(H3,28,29,35). The lowest BCUT2D eigenvalue weighted by molar-refractivity contribution is -0.128. The second-order valence-electron chi connectivity index (χ2n) is 9.07. The molecule has 0 spiro atoms. The highest BCUT2D eigenvalue weighted by Crippen LogP contribution is 2.19. The lowest BCUT2D eigenvalue weighted by Gasteiger charge is -2.24. The molecule has 0 aliphatic rings. The number of ketones is 1. The highest BCUT2D eigenvalue weighted by atomic mass is 16.5. The molecular formula is C27H36N4O6. The van der Waals surface area contributed by atoms with Crippen molar-refractivity contribution in [2.45, 2.75) is 52.4 Å². The molecule has 2 aromatic rings. The van der Waals surface area contributed by atoms with Crippen molar-refractivity contribution in [1.29, 1.82) is 0 Å². The summed E-state index contributed by atoms with van der Waals surface area (Å²) in [6.45, 7) is 3.81. The zero-order valence-electron chi connectivity index (χ0n) is 21.2. The number of rotatable bonds is 14. The number of Topliss-reactive ketones (excluding diaryl/α,β-unsaturated/α-hetero) is 1. The van der Waals surface area contributed by atoms with Crippen LogP contribution in [0, 0.1) is 11.8 Å². The van der Waals surface area contributed by atoms with Gasteiger partial charge < -0.3 is 31.5 Å². The molecule has 200 valence electrons. The van der Waals surface area contributed by atoms with Crippen LogP contribution in [0.4, 0.5) is 15.3 Å². The van der Waals surface area contributed by atoms with Crippen molar-refractivity contribution >= 4 is 29.5 Å². The van der Waals surface area contributed by atoms with E-state index in [1.54, 1.807) is 38.1 Å². The van der Waals surface area contributed by atoms with Crippen molar-refractivity contribution in [3.8, 4) is 0 Å². The van der Waals surface area contributed by atoms with E-state index in [1.807, 2.05) is 30.3 Å². The summed E-state index contributed by atoms with van der Waals surface area (Å²) in [4.78, 5) is 49.6. The van der Waals surface area contributed by atoms with Crippen LogP contribution >= 0.6 is 0 Å². The number of amides is 4. The van der Waals surface area contributed by atoms with Crippen LogP contribution in [-0.4, -0.2) is 41.5 Å². The summed E-state index contributed by atoms with van der Waals surface area (Å²) in [5, 5.41) is 17.1. The average Bonchev–Trinajstić information content (AvgIpc) is 2.88. The Labute approximate surface area is 217 Å². The van der Waals surface area contributed by atoms with Gasteiger partial charge in [0.2, 0.25) is 5.91 Å². The van der Waals surface area contributed by atoms with Crippen LogP contribution in [0.5, 0.6) is 0 Å². The topological polar surface area (TPSA) is 160 Å². The van der Waals surface area contributed by atoms with Crippen LogP contribution < -0.4 is 21.7 Å². The fourth-order valence-electron chi connectivity index (χ4n) is 3.70. The van der Waals surface area contributed by atoms with Gasteiger partial charge in [-0.2, -0.15) is 0 Å². The van der Waals surface area contributed by atoms with E-state index in [0.29, 0.717) is 24.1 Å².